The fraction of sp³-hybridized carbons (Fsp3) is 0.250. The molecule has 0 saturated heterocycles. The van der Waals surface area contributed by atoms with Gasteiger partial charge in [-0.05, 0) is 38.8 Å². The molecule has 3 aromatic rings. The molecular weight excluding hydrogens is 304 g/mol. The standard InChI is InChI=1S/C16H12O3S2/c1-5-7(3)20-13-9(5)10-6(2)8(4)21-14(10)12-11(13)15(17)19-16(12)18/h1-4H3. The Morgan fingerprint density at radius 2 is 1.10 bits per heavy atom. The molecule has 0 N–H and O–H groups in total. The van der Waals surface area contributed by atoms with Gasteiger partial charge in [-0.25, -0.2) is 9.59 Å². The Labute approximate surface area is 129 Å². The van der Waals surface area contributed by atoms with E-state index in [4.69, 9.17) is 4.74 Å². The van der Waals surface area contributed by atoms with Gasteiger partial charge in [-0.3, -0.25) is 0 Å². The zero-order chi connectivity index (χ0) is 15.0. The number of aryl methyl sites for hydroxylation is 4. The second kappa shape index (κ2) is 3.93. The van der Waals surface area contributed by atoms with Gasteiger partial charge in [0.15, 0.2) is 0 Å². The molecule has 0 bridgehead atoms. The SMILES string of the molecule is Cc1sc2c3c(c4sc(C)c(C)c4c2c1C)C(=O)OC3=O. The number of hydrogen-bond acceptors (Lipinski definition) is 5. The minimum Gasteiger partial charge on any atom is -0.386 e. The second-order valence-electron chi connectivity index (χ2n) is 5.40. The summed E-state index contributed by atoms with van der Waals surface area (Å²) in [5.41, 5.74) is 3.31. The van der Waals surface area contributed by atoms with E-state index in [1.54, 1.807) is 22.7 Å². The first-order valence-electron chi connectivity index (χ1n) is 6.63. The maximum absolute atomic E-state index is 12.1. The molecule has 0 fully saturated rings. The molecule has 0 saturated carbocycles. The van der Waals surface area contributed by atoms with Crippen LogP contribution >= 0.6 is 22.7 Å². The van der Waals surface area contributed by atoms with Gasteiger partial charge in [0.2, 0.25) is 0 Å². The van der Waals surface area contributed by atoms with E-state index in [1.165, 1.54) is 20.9 Å². The minimum absolute atomic E-state index is 0.463. The van der Waals surface area contributed by atoms with Crippen LogP contribution in [0.4, 0.5) is 0 Å². The topological polar surface area (TPSA) is 43.4 Å². The van der Waals surface area contributed by atoms with E-state index in [1.807, 2.05) is 0 Å². The molecule has 0 unspecified atom stereocenters. The van der Waals surface area contributed by atoms with Gasteiger partial charge in [0.1, 0.15) is 0 Å². The molecule has 0 spiro atoms. The van der Waals surface area contributed by atoms with E-state index in [-0.39, 0.29) is 0 Å². The van der Waals surface area contributed by atoms with Crippen molar-refractivity contribution in [2.75, 3.05) is 0 Å². The van der Waals surface area contributed by atoms with E-state index in [9.17, 15) is 9.59 Å². The molecule has 1 aromatic carbocycles. The highest BCUT2D eigenvalue weighted by molar-refractivity contribution is 7.22. The number of benzene rings is 1. The Kier molecular flexibility index (Phi) is 2.43. The predicted octanol–water partition coefficient (Wildman–Crippen LogP) is 4.66. The van der Waals surface area contributed by atoms with Gasteiger partial charge in [0, 0.05) is 20.5 Å². The lowest BCUT2D eigenvalue weighted by atomic mass is 9.98. The number of cyclic esters (lactones) is 2. The molecular formula is C16H12O3S2. The van der Waals surface area contributed by atoms with E-state index in [0.717, 1.165) is 20.2 Å². The van der Waals surface area contributed by atoms with Crippen LogP contribution in [0.25, 0.3) is 20.2 Å². The van der Waals surface area contributed by atoms with Crippen LogP contribution in [0.2, 0.25) is 0 Å². The van der Waals surface area contributed by atoms with Crippen LogP contribution in [0.5, 0.6) is 0 Å². The molecule has 0 atom stereocenters. The first-order valence-corrected chi connectivity index (χ1v) is 8.27. The largest absolute Gasteiger partial charge is 0.386 e. The Morgan fingerprint density at radius 3 is 1.48 bits per heavy atom. The molecule has 5 heteroatoms. The fourth-order valence-corrected chi connectivity index (χ4v) is 5.42. The average molecular weight is 316 g/mol. The van der Waals surface area contributed by atoms with Crippen LogP contribution in [-0.4, -0.2) is 11.9 Å². The van der Waals surface area contributed by atoms with Crippen molar-refractivity contribution < 1.29 is 14.3 Å². The van der Waals surface area contributed by atoms with Crippen molar-refractivity contribution in [1.82, 2.24) is 0 Å². The molecule has 21 heavy (non-hydrogen) atoms. The van der Waals surface area contributed by atoms with E-state index in [0.29, 0.717) is 11.1 Å². The van der Waals surface area contributed by atoms with Crippen LogP contribution < -0.4 is 0 Å². The van der Waals surface area contributed by atoms with Crippen molar-refractivity contribution >= 4 is 54.8 Å². The van der Waals surface area contributed by atoms with Gasteiger partial charge in [0.25, 0.3) is 0 Å². The molecule has 2 aromatic heterocycles. The van der Waals surface area contributed by atoms with Gasteiger partial charge in [0.05, 0.1) is 20.5 Å². The number of rotatable bonds is 0. The van der Waals surface area contributed by atoms with Crippen molar-refractivity contribution in [2.24, 2.45) is 0 Å². The lowest BCUT2D eigenvalue weighted by Crippen LogP contribution is -1.97. The third-order valence-corrected chi connectivity index (χ3v) is 6.77. The Hall–Kier alpha value is -1.72. The normalized spacial score (nSPS) is 14.3. The number of hydrogen-bond donors (Lipinski definition) is 0. The minimum atomic E-state index is -0.508. The van der Waals surface area contributed by atoms with Crippen molar-refractivity contribution in [2.45, 2.75) is 27.7 Å². The first-order chi connectivity index (χ1) is 9.91. The lowest BCUT2D eigenvalue weighted by molar-refractivity contribution is 0.0445. The Morgan fingerprint density at radius 1 is 0.714 bits per heavy atom. The summed E-state index contributed by atoms with van der Waals surface area (Å²) < 4.78 is 6.67. The number of ether oxygens (including phenoxy) is 1. The summed E-state index contributed by atoms with van der Waals surface area (Å²) in [5, 5.41) is 2.22. The molecule has 0 amide bonds. The summed E-state index contributed by atoms with van der Waals surface area (Å²) >= 11 is 3.15. The number of thiophene rings is 2. The summed E-state index contributed by atoms with van der Waals surface area (Å²) in [6.45, 7) is 8.26. The summed E-state index contributed by atoms with van der Waals surface area (Å²) in [6, 6.07) is 0. The van der Waals surface area contributed by atoms with Crippen molar-refractivity contribution in [3.63, 3.8) is 0 Å². The molecule has 0 aliphatic carbocycles. The zero-order valence-electron chi connectivity index (χ0n) is 12.0. The fourth-order valence-electron chi connectivity index (χ4n) is 3.01. The summed E-state index contributed by atoms with van der Waals surface area (Å²) in [7, 11) is 0. The van der Waals surface area contributed by atoms with Gasteiger partial charge < -0.3 is 4.74 Å². The van der Waals surface area contributed by atoms with Crippen LogP contribution in [0.15, 0.2) is 0 Å². The summed E-state index contributed by atoms with van der Waals surface area (Å²) in [6.07, 6.45) is 0. The second-order valence-corrected chi connectivity index (χ2v) is 7.85. The molecule has 3 heterocycles. The maximum Gasteiger partial charge on any atom is 0.348 e. The smallest absolute Gasteiger partial charge is 0.348 e. The number of esters is 2. The number of carbonyl (C=O) groups is 2. The van der Waals surface area contributed by atoms with E-state index < -0.39 is 11.9 Å². The molecule has 1 aliphatic heterocycles. The van der Waals surface area contributed by atoms with Crippen LogP contribution in [-0.2, 0) is 4.74 Å². The van der Waals surface area contributed by atoms with Crippen molar-refractivity contribution in [1.29, 1.82) is 0 Å². The van der Waals surface area contributed by atoms with Crippen LogP contribution in [0.1, 0.15) is 41.6 Å². The molecule has 4 rings (SSSR count). The van der Waals surface area contributed by atoms with E-state index in [2.05, 4.69) is 27.7 Å². The molecule has 106 valence electrons. The zero-order valence-corrected chi connectivity index (χ0v) is 13.7. The van der Waals surface area contributed by atoms with Gasteiger partial charge >= 0.3 is 11.9 Å². The Balaban J connectivity index is 2.42. The maximum atomic E-state index is 12.1. The van der Waals surface area contributed by atoms with Gasteiger partial charge in [-0.2, -0.15) is 0 Å². The third-order valence-electron chi connectivity index (χ3n) is 4.32. The quantitative estimate of drug-likeness (QED) is 0.447. The predicted molar refractivity (Wildman–Crippen MR) is 85.9 cm³/mol. The Bertz CT molecular complexity index is 909. The number of fused-ring (bicyclic) bond motifs is 6. The summed E-state index contributed by atoms with van der Waals surface area (Å²) in [5.74, 6) is -1.02. The third kappa shape index (κ3) is 1.43. The monoisotopic (exact) mass is 316 g/mol. The van der Waals surface area contributed by atoms with Crippen LogP contribution in [0, 0.1) is 27.7 Å². The highest BCUT2D eigenvalue weighted by Gasteiger charge is 2.37. The van der Waals surface area contributed by atoms with Crippen molar-refractivity contribution in [3.05, 3.63) is 32.0 Å². The van der Waals surface area contributed by atoms with Crippen molar-refractivity contribution in [3.8, 4) is 0 Å². The van der Waals surface area contributed by atoms with E-state index >= 15 is 0 Å². The average Bonchev–Trinajstić information content (AvgIpc) is 2.98. The van der Waals surface area contributed by atoms with Gasteiger partial charge in [-0.1, -0.05) is 0 Å². The first kappa shape index (κ1) is 13.0. The highest BCUT2D eigenvalue weighted by atomic mass is 32.1. The molecule has 1 aliphatic rings. The number of carbonyl (C=O) groups excluding carboxylic acids is 2. The lowest BCUT2D eigenvalue weighted by Gasteiger charge is -2.02. The van der Waals surface area contributed by atoms with Gasteiger partial charge in [-0.15, -0.1) is 22.7 Å². The summed E-state index contributed by atoms with van der Waals surface area (Å²) in [4.78, 5) is 26.6. The highest BCUT2D eigenvalue weighted by Crippen LogP contribution is 2.47. The van der Waals surface area contributed by atoms with Crippen LogP contribution in [0.3, 0.4) is 0 Å². The molecule has 0 radical (unpaired) electrons. The molecule has 3 nitrogen and oxygen atoms in total.